The van der Waals surface area contributed by atoms with Gasteiger partial charge in [0.1, 0.15) is 17.7 Å². The molecule has 0 heterocycles. The lowest BCUT2D eigenvalue weighted by Crippen LogP contribution is -2.66. The Balaban J connectivity index is 2.90. The summed E-state index contributed by atoms with van der Waals surface area (Å²) < 4.78 is 0. The Kier molecular flexibility index (Phi) is 7.36. The van der Waals surface area contributed by atoms with Crippen molar-refractivity contribution < 1.29 is 49.8 Å². The summed E-state index contributed by atoms with van der Waals surface area (Å²) in [7, 11) is 0. The summed E-state index contributed by atoms with van der Waals surface area (Å²) in [6.07, 6.45) is -12.8. The van der Waals surface area contributed by atoms with Crippen LogP contribution in [0.2, 0.25) is 0 Å². The van der Waals surface area contributed by atoms with Gasteiger partial charge in [-0.15, -0.1) is 0 Å². The maximum atomic E-state index is 12.0. The summed E-state index contributed by atoms with van der Waals surface area (Å²) in [5, 5.41) is 60.4. The molecule has 0 saturated heterocycles. The molecule has 0 radical (unpaired) electrons. The molecule has 2 rings (SSSR count). The Labute approximate surface area is 180 Å². The first kappa shape index (κ1) is 24.1. The van der Waals surface area contributed by atoms with Gasteiger partial charge in [0.2, 0.25) is 0 Å². The highest BCUT2D eigenvalue weighted by Gasteiger charge is 2.58. The van der Waals surface area contributed by atoms with E-state index in [2.05, 4.69) is 0 Å². The number of benzene rings is 2. The van der Waals surface area contributed by atoms with Gasteiger partial charge in [0.15, 0.2) is 0 Å². The monoisotopic (exact) mass is 448 g/mol. The van der Waals surface area contributed by atoms with E-state index in [0.29, 0.717) is 0 Å². The third kappa shape index (κ3) is 4.61. The highest BCUT2D eigenvalue weighted by molar-refractivity contribution is 5.89. The number of aliphatic hydroxyl groups is 2. The van der Waals surface area contributed by atoms with E-state index in [1.165, 1.54) is 48.5 Å². The molecule has 0 aromatic heterocycles. The molecule has 32 heavy (non-hydrogen) atoms. The molecule has 0 aliphatic heterocycles. The van der Waals surface area contributed by atoms with Crippen LogP contribution in [0.5, 0.6) is 0 Å². The Morgan fingerprint density at radius 3 is 1.28 bits per heavy atom. The van der Waals surface area contributed by atoms with E-state index in [1.54, 1.807) is 12.1 Å². The SMILES string of the molecule is O=C(O)N(CC(C(O)c1ccccc1)(C(O)c1ccccc1)N(C(=O)O)C(=O)O)C(=O)O. The van der Waals surface area contributed by atoms with Crippen molar-refractivity contribution in [3.63, 3.8) is 0 Å². The fourth-order valence-electron chi connectivity index (χ4n) is 3.39. The van der Waals surface area contributed by atoms with Crippen LogP contribution in [0.25, 0.3) is 0 Å². The second kappa shape index (κ2) is 9.76. The van der Waals surface area contributed by atoms with Crippen LogP contribution < -0.4 is 0 Å². The molecular formula is C20H20N2O10. The lowest BCUT2D eigenvalue weighted by Gasteiger charge is -2.47. The normalized spacial score (nSPS) is 14.4. The maximum absolute atomic E-state index is 12.0. The highest BCUT2D eigenvalue weighted by atomic mass is 16.4. The fraction of sp³-hybridized carbons (Fsp3) is 0.200. The highest BCUT2D eigenvalue weighted by Crippen LogP contribution is 2.43. The zero-order valence-corrected chi connectivity index (χ0v) is 16.3. The topological polar surface area (TPSA) is 196 Å². The minimum absolute atomic E-state index is 0.0919. The third-order valence-corrected chi connectivity index (χ3v) is 4.85. The van der Waals surface area contributed by atoms with Crippen molar-refractivity contribution in [2.24, 2.45) is 0 Å². The molecule has 0 fully saturated rings. The molecule has 0 aliphatic rings. The number of rotatable bonds is 7. The molecule has 0 saturated carbocycles. The number of carboxylic acid groups (broad SMARTS) is 4. The molecule has 0 bridgehead atoms. The van der Waals surface area contributed by atoms with Gasteiger partial charge in [-0.05, 0) is 11.1 Å². The molecule has 6 N–H and O–H groups in total. The number of aliphatic hydroxyl groups excluding tert-OH is 2. The molecule has 2 atom stereocenters. The van der Waals surface area contributed by atoms with Crippen molar-refractivity contribution in [1.82, 2.24) is 9.80 Å². The van der Waals surface area contributed by atoms with Crippen molar-refractivity contribution in [3.8, 4) is 0 Å². The fourth-order valence-corrected chi connectivity index (χ4v) is 3.39. The average Bonchev–Trinajstić information content (AvgIpc) is 2.75. The molecule has 170 valence electrons. The molecule has 0 spiro atoms. The number of hydrogen-bond acceptors (Lipinski definition) is 6. The van der Waals surface area contributed by atoms with Gasteiger partial charge in [-0.3, -0.25) is 0 Å². The number of amides is 4. The van der Waals surface area contributed by atoms with E-state index >= 15 is 0 Å². The van der Waals surface area contributed by atoms with E-state index in [-0.39, 0.29) is 20.9 Å². The summed E-state index contributed by atoms with van der Waals surface area (Å²) in [6, 6.07) is 13.9. The first-order valence-electron chi connectivity index (χ1n) is 8.99. The predicted octanol–water partition coefficient (Wildman–Crippen LogP) is 2.51. The van der Waals surface area contributed by atoms with Crippen molar-refractivity contribution in [1.29, 1.82) is 0 Å². The molecule has 4 amide bonds. The zero-order valence-electron chi connectivity index (χ0n) is 16.3. The minimum atomic E-state index is -2.92. The molecule has 0 aliphatic carbocycles. The maximum Gasteiger partial charge on any atom is 0.417 e. The molecular weight excluding hydrogens is 428 g/mol. The number of carbonyl (C=O) groups is 4. The summed E-state index contributed by atoms with van der Waals surface area (Å²) in [5.74, 6) is 0. The molecule has 12 heteroatoms. The van der Waals surface area contributed by atoms with Crippen LogP contribution in [0.4, 0.5) is 19.2 Å². The van der Waals surface area contributed by atoms with Crippen molar-refractivity contribution in [2.75, 3.05) is 6.54 Å². The first-order chi connectivity index (χ1) is 15.0. The number of nitrogens with zero attached hydrogens (tertiary/aromatic N) is 2. The van der Waals surface area contributed by atoms with Crippen molar-refractivity contribution >= 4 is 24.4 Å². The van der Waals surface area contributed by atoms with Gasteiger partial charge in [-0.1, -0.05) is 60.7 Å². The lowest BCUT2D eigenvalue weighted by molar-refractivity contribution is -0.0976. The zero-order chi connectivity index (χ0) is 24.1. The van der Waals surface area contributed by atoms with Gasteiger partial charge in [-0.2, -0.15) is 4.90 Å². The second-order valence-electron chi connectivity index (χ2n) is 6.67. The van der Waals surface area contributed by atoms with Crippen molar-refractivity contribution in [3.05, 3.63) is 71.8 Å². The van der Waals surface area contributed by atoms with Crippen LogP contribution in [0.1, 0.15) is 23.3 Å². The Morgan fingerprint density at radius 1 is 0.656 bits per heavy atom. The van der Waals surface area contributed by atoms with Gasteiger partial charge < -0.3 is 30.6 Å². The predicted molar refractivity (Wildman–Crippen MR) is 106 cm³/mol. The smallest absolute Gasteiger partial charge is 0.417 e. The van der Waals surface area contributed by atoms with Gasteiger partial charge >= 0.3 is 24.4 Å². The van der Waals surface area contributed by atoms with Gasteiger partial charge in [0.05, 0.1) is 6.54 Å². The molecule has 12 nitrogen and oxygen atoms in total. The summed E-state index contributed by atoms with van der Waals surface area (Å²) in [5.41, 5.74) is -3.10. The lowest BCUT2D eigenvalue weighted by atomic mass is 9.77. The largest absolute Gasteiger partial charge is 0.465 e. The summed E-state index contributed by atoms with van der Waals surface area (Å²) in [6.45, 7) is -1.43. The molecule has 2 unspecified atom stereocenters. The van der Waals surface area contributed by atoms with Crippen LogP contribution in [0.3, 0.4) is 0 Å². The standard InChI is InChI=1S/C20H20N2O10/c23-14(12-7-3-1-4-8-12)20(22(18(29)30)19(31)32,11-21(16(25)26)17(27)28)15(24)13-9-5-2-6-10-13/h1-10,14-15,23-24H,11H2,(H,25,26)(H,27,28)(H,29,30)(H,31,32). The average molecular weight is 448 g/mol. The first-order valence-corrected chi connectivity index (χ1v) is 8.99. The Hall–Kier alpha value is -4.16. The van der Waals surface area contributed by atoms with Gasteiger partial charge in [0.25, 0.3) is 0 Å². The van der Waals surface area contributed by atoms with Crippen LogP contribution in [-0.4, -0.2) is 76.9 Å². The molecule has 2 aromatic carbocycles. The summed E-state index contributed by atoms with van der Waals surface area (Å²) in [4.78, 5) is 46.4. The Bertz CT molecular complexity index is 909. The van der Waals surface area contributed by atoms with Crippen molar-refractivity contribution in [2.45, 2.75) is 17.7 Å². The van der Waals surface area contributed by atoms with Crippen LogP contribution in [0.15, 0.2) is 60.7 Å². The second-order valence-corrected chi connectivity index (χ2v) is 6.67. The van der Waals surface area contributed by atoms with Gasteiger partial charge in [0, 0.05) is 0 Å². The van der Waals surface area contributed by atoms with E-state index in [0.717, 1.165) is 0 Å². The summed E-state index contributed by atoms with van der Waals surface area (Å²) >= 11 is 0. The Morgan fingerprint density at radius 2 is 1.00 bits per heavy atom. The van der Waals surface area contributed by atoms with E-state index in [9.17, 15) is 49.8 Å². The van der Waals surface area contributed by atoms with Gasteiger partial charge in [-0.25, -0.2) is 24.1 Å². The van der Waals surface area contributed by atoms with Crippen LogP contribution in [0, 0.1) is 0 Å². The third-order valence-electron chi connectivity index (χ3n) is 4.85. The van der Waals surface area contributed by atoms with Crippen LogP contribution in [-0.2, 0) is 0 Å². The molecule has 2 aromatic rings. The number of imide groups is 2. The number of hydrogen-bond donors (Lipinski definition) is 6. The van der Waals surface area contributed by atoms with Crippen LogP contribution >= 0.6 is 0 Å². The van der Waals surface area contributed by atoms with E-state index in [4.69, 9.17) is 0 Å². The van der Waals surface area contributed by atoms with E-state index in [1.807, 2.05) is 0 Å². The van der Waals surface area contributed by atoms with E-state index < -0.39 is 48.7 Å². The quantitative estimate of drug-likeness (QED) is 0.366. The minimum Gasteiger partial charge on any atom is -0.465 e.